The second kappa shape index (κ2) is 8.25. The van der Waals surface area contributed by atoms with Gasteiger partial charge >= 0.3 is 0 Å². The van der Waals surface area contributed by atoms with Crippen LogP contribution >= 0.6 is 11.8 Å². The fourth-order valence-corrected chi connectivity index (χ4v) is 4.84. The number of fused-ring (bicyclic) bond motifs is 1. The molecule has 3 aromatic heterocycles. The van der Waals surface area contributed by atoms with Gasteiger partial charge in [-0.1, -0.05) is 49.9 Å². The van der Waals surface area contributed by atoms with Gasteiger partial charge in [-0.05, 0) is 31.4 Å². The average molecular weight is 370 g/mol. The number of thioether (sulfide) groups is 1. The van der Waals surface area contributed by atoms with E-state index in [9.17, 15) is 0 Å². The van der Waals surface area contributed by atoms with Gasteiger partial charge in [0, 0.05) is 31.1 Å². The summed E-state index contributed by atoms with van der Waals surface area (Å²) in [6, 6.07) is 6.08. The molecule has 0 atom stereocenters. The van der Waals surface area contributed by atoms with Gasteiger partial charge in [0.2, 0.25) is 0 Å². The van der Waals surface area contributed by atoms with Crippen LogP contribution in [0.4, 0.5) is 0 Å². The van der Waals surface area contributed by atoms with Gasteiger partial charge in [-0.2, -0.15) is 0 Å². The minimum absolute atomic E-state index is 0.822. The highest BCUT2D eigenvalue weighted by molar-refractivity contribution is 7.98. The van der Waals surface area contributed by atoms with Crippen molar-refractivity contribution in [2.24, 2.45) is 5.92 Å². The molecule has 138 valence electrons. The quantitative estimate of drug-likeness (QED) is 0.564. The van der Waals surface area contributed by atoms with Crippen molar-refractivity contribution in [3.05, 3.63) is 42.1 Å². The molecule has 1 fully saturated rings. The second-order valence-corrected chi connectivity index (χ2v) is 8.12. The van der Waals surface area contributed by atoms with Crippen LogP contribution in [0.2, 0.25) is 0 Å². The molecule has 1 aliphatic rings. The van der Waals surface area contributed by atoms with Crippen LogP contribution in [0, 0.1) is 5.92 Å². The van der Waals surface area contributed by atoms with Crippen LogP contribution in [-0.4, -0.2) is 24.1 Å². The lowest BCUT2D eigenvalue weighted by molar-refractivity contribution is 0.335. The van der Waals surface area contributed by atoms with Crippen molar-refractivity contribution in [2.45, 2.75) is 69.3 Å². The first-order valence-corrected chi connectivity index (χ1v) is 10.8. The number of nitrogens with zero attached hydrogens (tertiary/aromatic N) is 5. The molecular weight excluding hydrogens is 342 g/mol. The summed E-state index contributed by atoms with van der Waals surface area (Å²) in [6.07, 6.45) is 13.5. The van der Waals surface area contributed by atoms with Crippen LogP contribution in [0.15, 0.2) is 35.7 Å². The van der Waals surface area contributed by atoms with E-state index in [0.29, 0.717) is 0 Å². The first-order valence-electron chi connectivity index (χ1n) is 9.81. The lowest BCUT2D eigenvalue weighted by atomic mass is 9.86. The summed E-state index contributed by atoms with van der Waals surface area (Å²) in [7, 11) is 0. The van der Waals surface area contributed by atoms with Gasteiger partial charge < -0.3 is 8.97 Å². The molecule has 3 heterocycles. The van der Waals surface area contributed by atoms with Gasteiger partial charge in [-0.25, -0.2) is 4.98 Å². The van der Waals surface area contributed by atoms with Crippen molar-refractivity contribution in [1.82, 2.24) is 24.1 Å². The first kappa shape index (κ1) is 17.6. The molecule has 26 heavy (non-hydrogen) atoms. The monoisotopic (exact) mass is 369 g/mol. The summed E-state index contributed by atoms with van der Waals surface area (Å²) in [5, 5.41) is 9.97. The Kier molecular flexibility index (Phi) is 5.58. The zero-order valence-corrected chi connectivity index (χ0v) is 16.3. The minimum atomic E-state index is 0.822. The summed E-state index contributed by atoms with van der Waals surface area (Å²) < 4.78 is 4.35. The highest BCUT2D eigenvalue weighted by atomic mass is 32.2. The maximum Gasteiger partial charge on any atom is 0.191 e. The Morgan fingerprint density at radius 2 is 2.04 bits per heavy atom. The van der Waals surface area contributed by atoms with Gasteiger partial charge in [0.15, 0.2) is 5.16 Å². The first-order chi connectivity index (χ1) is 12.8. The Morgan fingerprint density at radius 3 is 2.85 bits per heavy atom. The Bertz CT molecular complexity index is 814. The van der Waals surface area contributed by atoms with Crippen LogP contribution in [0.3, 0.4) is 0 Å². The number of hydrogen-bond donors (Lipinski definition) is 0. The van der Waals surface area contributed by atoms with Gasteiger partial charge in [0.05, 0.1) is 5.69 Å². The Hall–Kier alpha value is -1.82. The lowest BCUT2D eigenvalue weighted by Gasteiger charge is -2.21. The molecule has 4 rings (SSSR count). The van der Waals surface area contributed by atoms with E-state index in [0.717, 1.165) is 47.0 Å². The van der Waals surface area contributed by atoms with Crippen LogP contribution in [0.5, 0.6) is 0 Å². The van der Waals surface area contributed by atoms with E-state index in [2.05, 4.69) is 37.3 Å². The molecule has 0 unspecified atom stereocenters. The molecule has 0 N–H and O–H groups in total. The molecule has 0 saturated heterocycles. The number of imidazole rings is 1. The van der Waals surface area contributed by atoms with Crippen molar-refractivity contribution in [1.29, 1.82) is 0 Å². The smallest absolute Gasteiger partial charge is 0.191 e. The van der Waals surface area contributed by atoms with E-state index in [1.54, 1.807) is 11.8 Å². The average Bonchev–Trinajstić information content (AvgIpc) is 3.28. The fraction of sp³-hybridized carbons (Fsp3) is 0.550. The van der Waals surface area contributed by atoms with Crippen LogP contribution in [-0.2, 0) is 18.7 Å². The van der Waals surface area contributed by atoms with Gasteiger partial charge in [0.25, 0.3) is 0 Å². The van der Waals surface area contributed by atoms with Gasteiger partial charge in [-0.15, -0.1) is 10.2 Å². The zero-order chi connectivity index (χ0) is 17.8. The molecule has 5 nitrogen and oxygen atoms in total. The molecule has 0 radical (unpaired) electrons. The SMILES string of the molecule is CCn1c(CCC2CCCCC2)nnc1SCc1cn2ccccc2n1. The number of hydrogen-bond acceptors (Lipinski definition) is 4. The summed E-state index contributed by atoms with van der Waals surface area (Å²) in [5.74, 6) is 2.86. The molecule has 0 amide bonds. The van der Waals surface area contributed by atoms with E-state index in [1.807, 2.05) is 24.4 Å². The molecule has 1 saturated carbocycles. The normalized spacial score (nSPS) is 15.7. The van der Waals surface area contributed by atoms with E-state index >= 15 is 0 Å². The maximum absolute atomic E-state index is 4.67. The minimum Gasteiger partial charge on any atom is -0.307 e. The van der Waals surface area contributed by atoms with E-state index in [-0.39, 0.29) is 0 Å². The third kappa shape index (κ3) is 3.95. The number of pyridine rings is 1. The molecule has 3 aromatic rings. The molecule has 6 heteroatoms. The summed E-state index contributed by atoms with van der Waals surface area (Å²) >= 11 is 1.74. The van der Waals surface area contributed by atoms with Crippen molar-refractivity contribution in [3.8, 4) is 0 Å². The molecule has 0 bridgehead atoms. The molecular formula is C20H27N5S. The lowest BCUT2D eigenvalue weighted by Crippen LogP contribution is -2.10. The van der Waals surface area contributed by atoms with Crippen molar-refractivity contribution < 1.29 is 0 Å². The summed E-state index contributed by atoms with van der Waals surface area (Å²) in [4.78, 5) is 4.67. The third-order valence-electron chi connectivity index (χ3n) is 5.37. The topological polar surface area (TPSA) is 48.0 Å². The third-order valence-corrected chi connectivity index (χ3v) is 6.37. The molecule has 0 aromatic carbocycles. The standard InChI is InChI=1S/C20H27N5S/c1-2-25-19(12-11-16-8-4-3-5-9-16)22-23-20(25)26-15-17-14-24-13-7-6-10-18(24)21-17/h6-7,10,13-14,16H,2-5,8-9,11-12,15H2,1H3. The van der Waals surface area contributed by atoms with E-state index in [1.165, 1.54) is 38.5 Å². The van der Waals surface area contributed by atoms with Crippen molar-refractivity contribution in [2.75, 3.05) is 0 Å². The largest absolute Gasteiger partial charge is 0.307 e. The Balaban J connectivity index is 1.39. The molecule has 0 spiro atoms. The van der Waals surface area contributed by atoms with Crippen LogP contribution in [0.25, 0.3) is 5.65 Å². The highest BCUT2D eigenvalue weighted by Gasteiger charge is 2.17. The van der Waals surface area contributed by atoms with Crippen molar-refractivity contribution in [3.63, 3.8) is 0 Å². The zero-order valence-electron chi connectivity index (χ0n) is 15.5. The fourth-order valence-electron chi connectivity index (χ4n) is 3.93. The number of rotatable bonds is 7. The maximum atomic E-state index is 4.67. The van der Waals surface area contributed by atoms with Crippen LogP contribution < -0.4 is 0 Å². The highest BCUT2D eigenvalue weighted by Crippen LogP contribution is 2.28. The predicted molar refractivity (Wildman–Crippen MR) is 105 cm³/mol. The number of aryl methyl sites for hydroxylation is 1. The van der Waals surface area contributed by atoms with E-state index < -0.39 is 0 Å². The number of aromatic nitrogens is 5. The van der Waals surface area contributed by atoms with E-state index in [4.69, 9.17) is 0 Å². The van der Waals surface area contributed by atoms with Crippen LogP contribution in [0.1, 0.15) is 57.0 Å². The summed E-state index contributed by atoms with van der Waals surface area (Å²) in [6.45, 7) is 3.11. The van der Waals surface area contributed by atoms with Gasteiger partial charge in [-0.3, -0.25) is 0 Å². The summed E-state index contributed by atoms with van der Waals surface area (Å²) in [5.41, 5.74) is 2.07. The molecule has 1 aliphatic carbocycles. The Morgan fingerprint density at radius 1 is 1.15 bits per heavy atom. The van der Waals surface area contributed by atoms with Crippen molar-refractivity contribution >= 4 is 17.4 Å². The predicted octanol–water partition coefficient (Wildman–Crippen LogP) is 4.75. The molecule has 0 aliphatic heterocycles. The second-order valence-electron chi connectivity index (χ2n) is 7.17. The Labute approximate surface area is 159 Å². The van der Waals surface area contributed by atoms with Gasteiger partial charge in [0.1, 0.15) is 11.5 Å².